The molecule has 1 aliphatic carbocycles. The SMILES string of the molecule is O=C(CCc1nnc(-c2ccsc2)o1)NCCCOCC1CC1. The van der Waals surface area contributed by atoms with Crippen molar-refractivity contribution in [3.05, 3.63) is 22.7 Å². The minimum absolute atomic E-state index is 0.00229. The minimum Gasteiger partial charge on any atom is -0.421 e. The van der Waals surface area contributed by atoms with Gasteiger partial charge in [0, 0.05) is 43.5 Å². The molecule has 0 atom stereocenters. The van der Waals surface area contributed by atoms with Gasteiger partial charge in [-0.3, -0.25) is 4.79 Å². The van der Waals surface area contributed by atoms with Crippen molar-refractivity contribution in [2.24, 2.45) is 5.92 Å². The number of ether oxygens (including phenoxy) is 1. The van der Waals surface area contributed by atoms with E-state index in [1.807, 2.05) is 16.8 Å². The van der Waals surface area contributed by atoms with E-state index >= 15 is 0 Å². The van der Waals surface area contributed by atoms with Gasteiger partial charge >= 0.3 is 0 Å². The predicted octanol–water partition coefficient (Wildman–Crippen LogP) is 2.66. The molecule has 124 valence electrons. The zero-order valence-corrected chi connectivity index (χ0v) is 13.8. The van der Waals surface area contributed by atoms with Gasteiger partial charge in [-0.05, 0) is 36.6 Å². The summed E-state index contributed by atoms with van der Waals surface area (Å²) in [5.41, 5.74) is 0.921. The van der Waals surface area contributed by atoms with E-state index in [9.17, 15) is 4.79 Å². The summed E-state index contributed by atoms with van der Waals surface area (Å²) in [5.74, 6) is 1.80. The van der Waals surface area contributed by atoms with Crippen LogP contribution >= 0.6 is 11.3 Å². The van der Waals surface area contributed by atoms with Crippen LogP contribution in [0.15, 0.2) is 21.2 Å². The smallest absolute Gasteiger partial charge is 0.248 e. The first-order valence-corrected chi connectivity index (χ1v) is 8.95. The Morgan fingerprint density at radius 3 is 3.13 bits per heavy atom. The van der Waals surface area contributed by atoms with Crippen LogP contribution in [0.5, 0.6) is 0 Å². The molecule has 7 heteroatoms. The van der Waals surface area contributed by atoms with Crippen LogP contribution in [-0.4, -0.2) is 35.9 Å². The number of carbonyl (C=O) groups excluding carboxylic acids is 1. The highest BCUT2D eigenvalue weighted by Crippen LogP contribution is 2.28. The van der Waals surface area contributed by atoms with Gasteiger partial charge in [0.1, 0.15) is 0 Å². The fourth-order valence-corrected chi connectivity index (χ4v) is 2.73. The van der Waals surface area contributed by atoms with Crippen LogP contribution in [-0.2, 0) is 16.0 Å². The third kappa shape index (κ3) is 5.44. The summed E-state index contributed by atoms with van der Waals surface area (Å²) in [6.07, 6.45) is 4.28. The molecule has 0 bridgehead atoms. The molecule has 1 amide bonds. The number of aromatic nitrogens is 2. The fraction of sp³-hybridized carbons (Fsp3) is 0.562. The number of hydrogen-bond acceptors (Lipinski definition) is 6. The van der Waals surface area contributed by atoms with Crippen molar-refractivity contribution in [1.82, 2.24) is 15.5 Å². The normalized spacial score (nSPS) is 14.1. The molecule has 0 aliphatic heterocycles. The molecular formula is C16H21N3O3S. The molecule has 6 nitrogen and oxygen atoms in total. The number of aryl methyl sites for hydroxylation is 1. The molecular weight excluding hydrogens is 314 g/mol. The quantitative estimate of drug-likeness (QED) is 0.676. The second-order valence-corrected chi connectivity index (χ2v) is 6.51. The lowest BCUT2D eigenvalue weighted by atomic mass is 10.3. The van der Waals surface area contributed by atoms with E-state index in [4.69, 9.17) is 9.15 Å². The Morgan fingerprint density at radius 1 is 1.43 bits per heavy atom. The molecule has 1 fully saturated rings. The van der Waals surface area contributed by atoms with E-state index in [1.54, 1.807) is 11.3 Å². The summed E-state index contributed by atoms with van der Waals surface area (Å²) >= 11 is 1.58. The van der Waals surface area contributed by atoms with Crippen LogP contribution in [0.1, 0.15) is 31.6 Å². The molecule has 3 rings (SSSR count). The first kappa shape index (κ1) is 16.1. The molecule has 1 saturated carbocycles. The fourth-order valence-electron chi connectivity index (χ4n) is 2.10. The van der Waals surface area contributed by atoms with E-state index in [0.29, 0.717) is 37.8 Å². The lowest BCUT2D eigenvalue weighted by Crippen LogP contribution is -2.25. The van der Waals surface area contributed by atoms with Gasteiger partial charge in [-0.2, -0.15) is 11.3 Å². The Balaban J connectivity index is 1.28. The number of carbonyl (C=O) groups is 1. The first-order chi connectivity index (χ1) is 11.3. The zero-order chi connectivity index (χ0) is 15.9. The third-order valence-electron chi connectivity index (χ3n) is 3.64. The number of amides is 1. The molecule has 2 aromatic rings. The highest BCUT2D eigenvalue weighted by Gasteiger charge is 2.20. The average Bonchev–Trinajstić information content (AvgIpc) is 3.04. The van der Waals surface area contributed by atoms with Crippen LogP contribution in [0.25, 0.3) is 11.5 Å². The van der Waals surface area contributed by atoms with Gasteiger partial charge in [-0.15, -0.1) is 10.2 Å². The topological polar surface area (TPSA) is 77.2 Å². The molecule has 0 radical (unpaired) electrons. The van der Waals surface area contributed by atoms with Crippen molar-refractivity contribution in [3.63, 3.8) is 0 Å². The standard InChI is InChI=1S/C16H21N3O3S/c20-14(17-7-1-8-21-10-12-2-3-12)4-5-15-18-19-16(22-15)13-6-9-23-11-13/h6,9,11-12H,1-5,7-8,10H2,(H,17,20). The Labute approximate surface area is 139 Å². The van der Waals surface area contributed by atoms with Crippen molar-refractivity contribution >= 4 is 17.2 Å². The molecule has 0 saturated heterocycles. The first-order valence-electron chi connectivity index (χ1n) is 8.00. The molecule has 1 aliphatic rings. The molecule has 2 heterocycles. The van der Waals surface area contributed by atoms with Gasteiger partial charge < -0.3 is 14.5 Å². The lowest BCUT2D eigenvalue weighted by Gasteiger charge is -2.05. The highest BCUT2D eigenvalue weighted by molar-refractivity contribution is 7.08. The van der Waals surface area contributed by atoms with Crippen molar-refractivity contribution in [3.8, 4) is 11.5 Å². The van der Waals surface area contributed by atoms with Crippen LogP contribution in [0.3, 0.4) is 0 Å². The number of rotatable bonds is 10. The summed E-state index contributed by atoms with van der Waals surface area (Å²) in [4.78, 5) is 11.8. The molecule has 0 aromatic carbocycles. The second kappa shape index (κ2) is 8.21. The molecule has 23 heavy (non-hydrogen) atoms. The Morgan fingerprint density at radius 2 is 2.35 bits per heavy atom. The lowest BCUT2D eigenvalue weighted by molar-refractivity contribution is -0.121. The number of nitrogens with one attached hydrogen (secondary N) is 1. The van der Waals surface area contributed by atoms with Gasteiger partial charge in [0.05, 0.1) is 0 Å². The monoisotopic (exact) mass is 335 g/mol. The second-order valence-electron chi connectivity index (χ2n) is 5.73. The Hall–Kier alpha value is -1.73. The third-order valence-corrected chi connectivity index (χ3v) is 4.32. The maximum absolute atomic E-state index is 11.8. The van der Waals surface area contributed by atoms with Crippen molar-refractivity contribution in [2.75, 3.05) is 19.8 Å². The number of nitrogens with zero attached hydrogens (tertiary/aromatic N) is 2. The van der Waals surface area contributed by atoms with Crippen LogP contribution in [0.2, 0.25) is 0 Å². The molecule has 2 aromatic heterocycles. The van der Waals surface area contributed by atoms with E-state index < -0.39 is 0 Å². The van der Waals surface area contributed by atoms with Gasteiger partial charge in [0.15, 0.2) is 0 Å². The molecule has 1 N–H and O–H groups in total. The summed E-state index contributed by atoms with van der Waals surface area (Å²) in [6.45, 7) is 2.23. The van der Waals surface area contributed by atoms with E-state index in [1.165, 1.54) is 12.8 Å². The highest BCUT2D eigenvalue weighted by atomic mass is 32.1. The summed E-state index contributed by atoms with van der Waals surface area (Å²) < 4.78 is 11.1. The predicted molar refractivity (Wildman–Crippen MR) is 87.1 cm³/mol. The largest absolute Gasteiger partial charge is 0.421 e. The molecule has 0 spiro atoms. The van der Waals surface area contributed by atoms with Crippen LogP contribution < -0.4 is 5.32 Å². The van der Waals surface area contributed by atoms with Crippen LogP contribution in [0, 0.1) is 5.92 Å². The Bertz CT molecular complexity index is 608. The maximum Gasteiger partial charge on any atom is 0.248 e. The molecule has 0 unspecified atom stereocenters. The van der Waals surface area contributed by atoms with Crippen molar-refractivity contribution < 1.29 is 13.9 Å². The van der Waals surface area contributed by atoms with Crippen molar-refractivity contribution in [1.29, 1.82) is 0 Å². The zero-order valence-electron chi connectivity index (χ0n) is 13.0. The summed E-state index contributed by atoms with van der Waals surface area (Å²) in [6, 6.07) is 1.93. The van der Waals surface area contributed by atoms with E-state index in [0.717, 1.165) is 24.5 Å². The van der Waals surface area contributed by atoms with Gasteiger partial charge in [0.2, 0.25) is 17.7 Å². The maximum atomic E-state index is 11.8. The number of hydrogen-bond donors (Lipinski definition) is 1. The van der Waals surface area contributed by atoms with Crippen molar-refractivity contribution in [2.45, 2.75) is 32.1 Å². The van der Waals surface area contributed by atoms with Crippen LogP contribution in [0.4, 0.5) is 0 Å². The van der Waals surface area contributed by atoms with Gasteiger partial charge in [-0.1, -0.05) is 0 Å². The van der Waals surface area contributed by atoms with Gasteiger partial charge in [-0.25, -0.2) is 0 Å². The van der Waals surface area contributed by atoms with E-state index in [-0.39, 0.29) is 5.91 Å². The Kier molecular flexibility index (Phi) is 5.76. The van der Waals surface area contributed by atoms with E-state index in [2.05, 4.69) is 15.5 Å². The van der Waals surface area contributed by atoms with Gasteiger partial charge in [0.25, 0.3) is 0 Å². The summed E-state index contributed by atoms with van der Waals surface area (Å²) in [7, 11) is 0. The summed E-state index contributed by atoms with van der Waals surface area (Å²) in [5, 5.41) is 14.8. The number of thiophene rings is 1. The minimum atomic E-state index is 0.00229. The average molecular weight is 335 g/mol.